The Morgan fingerprint density at radius 1 is 1.83 bits per heavy atom. The van der Waals surface area contributed by atoms with Crippen LogP contribution in [0.4, 0.5) is 0 Å². The van der Waals surface area contributed by atoms with Gasteiger partial charge in [0, 0.05) is 18.0 Å². The fraction of sp³-hybridized carbons (Fsp3) is 1.00. The van der Waals surface area contributed by atoms with Gasteiger partial charge in [0.2, 0.25) is 0 Å². The highest BCUT2D eigenvalue weighted by Crippen LogP contribution is 2.23. The maximum Gasteiger partial charge on any atom is 0.0752 e. The first kappa shape index (κ1) is 8.97. The number of ether oxygens (including phenoxy) is 1. The first-order valence-corrected chi connectivity index (χ1v) is 5.66. The van der Waals surface area contributed by atoms with Crippen LogP contribution < -0.4 is 5.73 Å². The van der Waals surface area contributed by atoms with Crippen LogP contribution in [0.5, 0.6) is 0 Å². The third kappa shape index (κ3) is 2.71. The van der Waals surface area contributed by atoms with Gasteiger partial charge < -0.3 is 10.5 Å². The van der Waals surface area contributed by atoms with Gasteiger partial charge in [-0.25, -0.2) is 0 Å². The van der Waals surface area contributed by atoms with Gasteiger partial charge in [-0.15, -0.1) is 0 Å². The standard InChI is InChI=1S/C9H18BrNO/c1-7-4-6-12-9(7)8(11)3-2-5-10/h7-9H,2-6,11H2,1H3/t7-,8+,9-/m0/s1/i6T/t6-,7+,8-,9+/m1. The van der Waals surface area contributed by atoms with Gasteiger partial charge in [0.25, 0.3) is 0 Å². The Hall–Kier alpha value is 0.400. The van der Waals surface area contributed by atoms with Crippen molar-refractivity contribution < 1.29 is 6.11 Å². The molecule has 0 spiro atoms. The van der Waals surface area contributed by atoms with Crippen LogP contribution in [-0.2, 0) is 4.74 Å². The lowest BCUT2D eigenvalue weighted by Gasteiger charge is -2.21. The van der Waals surface area contributed by atoms with Crippen molar-refractivity contribution in [1.82, 2.24) is 0 Å². The van der Waals surface area contributed by atoms with E-state index in [0.29, 0.717) is 5.92 Å². The number of halogens is 1. The zero-order valence-electron chi connectivity index (χ0n) is 8.50. The van der Waals surface area contributed by atoms with Crippen molar-refractivity contribution in [2.75, 3.05) is 11.9 Å². The van der Waals surface area contributed by atoms with E-state index in [1.165, 1.54) is 0 Å². The molecule has 0 bridgehead atoms. The average molecular weight is 238 g/mol. The van der Waals surface area contributed by atoms with E-state index in [2.05, 4.69) is 22.9 Å². The molecule has 1 aliphatic rings. The molecule has 0 amide bonds. The van der Waals surface area contributed by atoms with Crippen LogP contribution in [0.25, 0.3) is 0 Å². The van der Waals surface area contributed by atoms with Crippen molar-refractivity contribution in [3.8, 4) is 0 Å². The van der Waals surface area contributed by atoms with E-state index in [-0.39, 0.29) is 18.7 Å². The lowest BCUT2D eigenvalue weighted by Crippen LogP contribution is -2.37. The minimum absolute atomic E-state index is 0.0987. The summed E-state index contributed by atoms with van der Waals surface area (Å²) in [6.07, 6.45) is 2.98. The Morgan fingerprint density at radius 3 is 3.08 bits per heavy atom. The smallest absolute Gasteiger partial charge is 0.0752 e. The number of hydrogen-bond acceptors (Lipinski definition) is 2. The Kier molecular flexibility index (Phi) is 3.89. The average Bonchev–Trinajstić information content (AvgIpc) is 2.41. The molecule has 0 radical (unpaired) electrons. The zero-order valence-corrected chi connectivity index (χ0v) is 9.09. The Labute approximate surface area is 84.4 Å². The summed E-state index contributed by atoms with van der Waals surface area (Å²) in [5.41, 5.74) is 5.99. The van der Waals surface area contributed by atoms with Crippen LogP contribution in [0.2, 0.25) is 0 Å². The summed E-state index contributed by atoms with van der Waals surface area (Å²) < 4.78 is 12.9. The Balaban J connectivity index is 2.33. The van der Waals surface area contributed by atoms with Gasteiger partial charge in [-0.3, -0.25) is 0 Å². The van der Waals surface area contributed by atoms with Gasteiger partial charge in [-0.2, -0.15) is 0 Å². The van der Waals surface area contributed by atoms with E-state index >= 15 is 0 Å². The molecule has 2 N–H and O–H groups in total. The maximum absolute atomic E-state index is 7.48. The van der Waals surface area contributed by atoms with Gasteiger partial charge in [0.05, 0.1) is 7.47 Å². The van der Waals surface area contributed by atoms with Gasteiger partial charge >= 0.3 is 0 Å². The quantitative estimate of drug-likeness (QED) is 0.759. The molecule has 0 aromatic rings. The Morgan fingerprint density at radius 2 is 2.58 bits per heavy atom. The molecule has 1 saturated heterocycles. The van der Waals surface area contributed by atoms with E-state index < -0.39 is 0 Å². The van der Waals surface area contributed by atoms with E-state index in [1.807, 2.05) is 0 Å². The molecule has 72 valence electrons. The van der Waals surface area contributed by atoms with E-state index in [4.69, 9.17) is 11.8 Å². The third-order valence-electron chi connectivity index (χ3n) is 2.38. The summed E-state index contributed by atoms with van der Waals surface area (Å²) in [5, 5.41) is 0.992. The summed E-state index contributed by atoms with van der Waals surface area (Å²) in [5.74, 6) is 0.438. The summed E-state index contributed by atoms with van der Waals surface area (Å²) >= 11 is 3.38. The second-order valence-corrected chi connectivity index (χ2v) is 4.27. The third-order valence-corrected chi connectivity index (χ3v) is 2.94. The van der Waals surface area contributed by atoms with Crippen molar-refractivity contribution in [3.05, 3.63) is 0 Å². The first-order valence-electron chi connectivity index (χ1n) is 5.12. The van der Waals surface area contributed by atoms with Crippen molar-refractivity contribution >= 4 is 15.9 Å². The minimum Gasteiger partial charge on any atom is -0.376 e. The molecule has 0 aromatic heterocycles. The molecule has 12 heavy (non-hydrogen) atoms. The molecule has 3 heteroatoms. The number of hydrogen-bond donors (Lipinski definition) is 1. The van der Waals surface area contributed by atoms with Crippen LogP contribution in [-0.4, -0.2) is 24.1 Å². The highest BCUT2D eigenvalue weighted by molar-refractivity contribution is 9.09. The summed E-state index contributed by atoms with van der Waals surface area (Å²) in [7, 11) is 0. The van der Waals surface area contributed by atoms with Crippen molar-refractivity contribution in [2.24, 2.45) is 11.7 Å². The van der Waals surface area contributed by atoms with Crippen molar-refractivity contribution in [3.63, 3.8) is 0 Å². The Bertz CT molecular complexity index is 159. The lowest BCUT2D eigenvalue weighted by atomic mass is 9.95. The van der Waals surface area contributed by atoms with Crippen LogP contribution >= 0.6 is 15.9 Å². The monoisotopic (exact) mass is 237 g/mol. The fourth-order valence-electron chi connectivity index (χ4n) is 1.59. The van der Waals surface area contributed by atoms with Crippen molar-refractivity contribution in [1.29, 1.82) is 0 Å². The number of alkyl halides is 1. The predicted octanol–water partition coefficient (Wildman–Crippen LogP) is 1.91. The molecular weight excluding hydrogens is 218 g/mol. The molecule has 4 atom stereocenters. The highest BCUT2D eigenvalue weighted by atomic mass is 79.9. The largest absolute Gasteiger partial charge is 0.376 e. The molecule has 1 heterocycles. The predicted molar refractivity (Wildman–Crippen MR) is 54.5 cm³/mol. The SMILES string of the molecule is [3H][C@@H]1C[C@H](C)[C@@H]([C@H](N)CCCBr)O1. The van der Waals surface area contributed by atoms with E-state index in [9.17, 15) is 0 Å². The van der Waals surface area contributed by atoms with Crippen LogP contribution in [0.3, 0.4) is 0 Å². The van der Waals surface area contributed by atoms with Gasteiger partial charge in [0.15, 0.2) is 0 Å². The van der Waals surface area contributed by atoms with Gasteiger partial charge in [0.1, 0.15) is 0 Å². The molecule has 0 saturated carbocycles. The number of rotatable bonds is 4. The molecule has 0 aliphatic carbocycles. The molecule has 2 nitrogen and oxygen atoms in total. The molecule has 1 aliphatic heterocycles. The second kappa shape index (κ2) is 5.20. The molecular formula is C9H18BrNO. The second-order valence-electron chi connectivity index (χ2n) is 3.48. The lowest BCUT2D eigenvalue weighted by molar-refractivity contribution is 0.0701. The fourth-order valence-corrected chi connectivity index (χ4v) is 1.91. The number of nitrogens with two attached hydrogens (primary N) is 1. The maximum atomic E-state index is 7.48. The van der Waals surface area contributed by atoms with Gasteiger partial charge in [-0.1, -0.05) is 22.9 Å². The van der Waals surface area contributed by atoms with Crippen molar-refractivity contribution in [2.45, 2.75) is 38.3 Å². The van der Waals surface area contributed by atoms with Crippen LogP contribution in [0, 0.1) is 5.92 Å². The normalized spacial score (nSPS) is 39.6. The summed E-state index contributed by atoms with van der Waals surface area (Å²) in [4.78, 5) is 0. The van der Waals surface area contributed by atoms with Crippen LogP contribution in [0.1, 0.15) is 27.6 Å². The molecule has 1 rings (SSSR count). The van der Waals surface area contributed by atoms with Crippen LogP contribution in [0.15, 0.2) is 0 Å². The van der Waals surface area contributed by atoms with E-state index in [0.717, 1.165) is 24.6 Å². The molecule has 0 aromatic carbocycles. The summed E-state index contributed by atoms with van der Waals surface area (Å²) in [6.45, 7) is 1.77. The highest BCUT2D eigenvalue weighted by Gasteiger charge is 2.29. The molecule has 1 fully saturated rings. The molecule has 0 unspecified atom stereocenters. The van der Waals surface area contributed by atoms with Gasteiger partial charge in [-0.05, 0) is 25.2 Å². The minimum atomic E-state index is -0.352. The topological polar surface area (TPSA) is 35.2 Å². The summed E-state index contributed by atoms with van der Waals surface area (Å²) in [6, 6.07) is 0.0999. The first-order chi connectivity index (χ1) is 6.15. The zero-order chi connectivity index (χ0) is 9.84. The van der Waals surface area contributed by atoms with E-state index in [1.54, 1.807) is 0 Å².